The fourth-order valence-electron chi connectivity index (χ4n) is 7.88. The van der Waals surface area contributed by atoms with Gasteiger partial charge in [-0.3, -0.25) is 9.59 Å². The van der Waals surface area contributed by atoms with E-state index in [4.69, 9.17) is 11.2 Å². The molecule has 0 aromatic heterocycles. The first-order valence-corrected chi connectivity index (χ1v) is 12.4. The maximum absolute atomic E-state index is 12.7. The van der Waals surface area contributed by atoms with Crippen LogP contribution in [-0.2, 0) is 14.3 Å². The summed E-state index contributed by atoms with van der Waals surface area (Å²) in [6, 6.07) is 0. The first-order chi connectivity index (χ1) is 14.5. The number of ketones is 1. The molecule has 4 aliphatic carbocycles. The van der Waals surface area contributed by atoms with Crippen LogP contribution in [0.3, 0.4) is 0 Å². The zero-order valence-electron chi connectivity index (χ0n) is 18.9. The van der Waals surface area contributed by atoms with Crippen molar-refractivity contribution >= 4 is 11.8 Å². The van der Waals surface area contributed by atoms with E-state index in [0.717, 1.165) is 70.6 Å². The monoisotopic (exact) mass is 410 g/mol. The average Bonchev–Trinajstić information content (AvgIpc) is 3.08. The van der Waals surface area contributed by atoms with Crippen molar-refractivity contribution < 1.29 is 14.3 Å². The number of carbonyl (C=O) groups excluding carboxylic acids is 2. The van der Waals surface area contributed by atoms with Gasteiger partial charge in [-0.05, 0) is 87.5 Å². The number of hydrogen-bond donors (Lipinski definition) is 0. The Labute approximate surface area is 182 Å². The summed E-state index contributed by atoms with van der Waals surface area (Å²) in [5, 5.41) is 0. The summed E-state index contributed by atoms with van der Waals surface area (Å²) >= 11 is 0. The summed E-state index contributed by atoms with van der Waals surface area (Å²) in [6.45, 7) is 4.40. The van der Waals surface area contributed by atoms with Gasteiger partial charge in [0.15, 0.2) is 11.4 Å². The Morgan fingerprint density at radius 2 is 1.97 bits per heavy atom. The highest BCUT2D eigenvalue weighted by molar-refractivity contribution is 5.91. The summed E-state index contributed by atoms with van der Waals surface area (Å²) in [5.41, 5.74) is 0.619. The normalized spacial score (nSPS) is 39.9. The van der Waals surface area contributed by atoms with Gasteiger partial charge < -0.3 is 4.74 Å². The molecule has 0 N–H and O–H groups in total. The number of unbranched alkanes of at least 4 members (excludes halogenated alkanes) is 2. The molecule has 0 amide bonds. The molecule has 164 valence electrons. The van der Waals surface area contributed by atoms with E-state index in [1.165, 1.54) is 5.57 Å². The third-order valence-corrected chi connectivity index (χ3v) is 9.26. The van der Waals surface area contributed by atoms with Crippen molar-refractivity contribution in [1.29, 1.82) is 0 Å². The van der Waals surface area contributed by atoms with Crippen LogP contribution in [0, 0.1) is 41.4 Å². The van der Waals surface area contributed by atoms with E-state index in [1.807, 2.05) is 6.08 Å². The second-order valence-electron chi connectivity index (χ2n) is 10.3. The molecule has 4 aliphatic rings. The molecule has 3 heteroatoms. The number of fused-ring (bicyclic) bond motifs is 5. The Morgan fingerprint density at radius 3 is 2.70 bits per heavy atom. The van der Waals surface area contributed by atoms with Crippen LogP contribution < -0.4 is 0 Å². The lowest BCUT2D eigenvalue weighted by Crippen LogP contribution is -2.55. The van der Waals surface area contributed by atoms with Gasteiger partial charge in [-0.1, -0.05) is 38.2 Å². The largest absolute Gasteiger partial charge is 0.445 e. The minimum Gasteiger partial charge on any atom is -0.445 e. The van der Waals surface area contributed by atoms with Crippen LogP contribution in [0.2, 0.25) is 0 Å². The Hall–Kier alpha value is -1.56. The van der Waals surface area contributed by atoms with E-state index in [9.17, 15) is 9.59 Å². The summed E-state index contributed by atoms with van der Waals surface area (Å²) in [5.74, 6) is 5.73. The molecule has 0 saturated heterocycles. The molecule has 1 unspecified atom stereocenters. The van der Waals surface area contributed by atoms with Gasteiger partial charge in [-0.2, -0.15) is 0 Å². The van der Waals surface area contributed by atoms with Crippen LogP contribution >= 0.6 is 0 Å². The molecule has 0 radical (unpaired) electrons. The molecular weight excluding hydrogens is 372 g/mol. The lowest BCUT2D eigenvalue weighted by molar-refractivity contribution is -0.173. The Kier molecular flexibility index (Phi) is 6.16. The second-order valence-corrected chi connectivity index (χ2v) is 10.3. The molecule has 0 bridgehead atoms. The number of hydrogen-bond acceptors (Lipinski definition) is 3. The van der Waals surface area contributed by atoms with Gasteiger partial charge in [-0.25, -0.2) is 0 Å². The van der Waals surface area contributed by atoms with Gasteiger partial charge in [0.1, 0.15) is 0 Å². The van der Waals surface area contributed by atoms with E-state index in [0.29, 0.717) is 42.3 Å². The zero-order valence-corrected chi connectivity index (χ0v) is 18.9. The third kappa shape index (κ3) is 3.35. The van der Waals surface area contributed by atoms with Gasteiger partial charge in [0.05, 0.1) is 0 Å². The fourth-order valence-corrected chi connectivity index (χ4v) is 7.88. The number of terminal acetylenes is 1. The highest BCUT2D eigenvalue weighted by Gasteiger charge is 2.65. The topological polar surface area (TPSA) is 43.4 Å². The van der Waals surface area contributed by atoms with Crippen molar-refractivity contribution in [2.45, 2.75) is 103 Å². The molecule has 0 aromatic carbocycles. The highest BCUT2D eigenvalue weighted by Crippen LogP contribution is 2.67. The van der Waals surface area contributed by atoms with E-state index < -0.39 is 5.60 Å². The predicted molar refractivity (Wildman–Crippen MR) is 119 cm³/mol. The molecule has 30 heavy (non-hydrogen) atoms. The minimum absolute atomic E-state index is 0.0744. The fraction of sp³-hybridized carbons (Fsp3) is 0.778. The average molecular weight is 411 g/mol. The number of esters is 1. The number of carbonyl (C=O) groups is 2. The van der Waals surface area contributed by atoms with Crippen molar-refractivity contribution in [2.24, 2.45) is 29.1 Å². The van der Waals surface area contributed by atoms with Crippen LogP contribution in [0.25, 0.3) is 0 Å². The van der Waals surface area contributed by atoms with Crippen molar-refractivity contribution in [3.63, 3.8) is 0 Å². The summed E-state index contributed by atoms with van der Waals surface area (Å²) in [6.07, 6.45) is 20.7. The van der Waals surface area contributed by atoms with Crippen molar-refractivity contribution in [3.8, 4) is 12.3 Å². The maximum Gasteiger partial charge on any atom is 0.307 e. The first kappa shape index (κ1) is 21.7. The molecule has 0 aliphatic heterocycles. The smallest absolute Gasteiger partial charge is 0.307 e. The van der Waals surface area contributed by atoms with E-state index in [-0.39, 0.29) is 11.4 Å². The predicted octanol–water partition coefficient (Wildman–Crippen LogP) is 6.01. The molecule has 0 aromatic rings. The van der Waals surface area contributed by atoms with E-state index >= 15 is 0 Å². The van der Waals surface area contributed by atoms with Crippen molar-refractivity contribution in [3.05, 3.63) is 11.6 Å². The van der Waals surface area contributed by atoms with Gasteiger partial charge in [-0.15, -0.1) is 6.42 Å². The Bertz CT molecular complexity index is 759. The van der Waals surface area contributed by atoms with Crippen LogP contribution in [0.1, 0.15) is 97.3 Å². The van der Waals surface area contributed by atoms with Gasteiger partial charge in [0, 0.05) is 18.3 Å². The molecule has 0 heterocycles. The van der Waals surface area contributed by atoms with Crippen molar-refractivity contribution in [2.75, 3.05) is 0 Å². The van der Waals surface area contributed by atoms with E-state index in [2.05, 4.69) is 19.8 Å². The lowest BCUT2D eigenvalue weighted by atomic mass is 9.49. The standard InChI is InChI=1S/C27H38O3/c1-4-7-8-9-25(29)30-27(6-3)17-15-24-23-12-10-19-18-20(28)11-13-21(19)22(23)14-16-26(24,27)5-2/h3,18,21-24H,4-5,7-17H2,1-2H3/t21-,22+,23+,24-,26-,27?/m0/s1. The SMILES string of the molecule is C#CC1(OC(=O)CCCCC)CC[C@H]2[C@@H]3CCC4=CC(=O)CC[C@@H]4[C@H]3CC[C@@]21CC. The molecule has 0 spiro atoms. The quantitative estimate of drug-likeness (QED) is 0.306. The van der Waals surface area contributed by atoms with Gasteiger partial charge in [0.2, 0.25) is 0 Å². The Balaban J connectivity index is 1.57. The molecule has 3 saturated carbocycles. The molecule has 3 nitrogen and oxygen atoms in total. The van der Waals surface area contributed by atoms with Gasteiger partial charge in [0.25, 0.3) is 0 Å². The summed E-state index contributed by atoms with van der Waals surface area (Å²) < 4.78 is 6.23. The van der Waals surface area contributed by atoms with Gasteiger partial charge >= 0.3 is 5.97 Å². The van der Waals surface area contributed by atoms with E-state index in [1.54, 1.807) is 0 Å². The highest BCUT2D eigenvalue weighted by atomic mass is 16.6. The first-order valence-electron chi connectivity index (χ1n) is 12.4. The maximum atomic E-state index is 12.7. The minimum atomic E-state index is -0.723. The molecule has 3 fully saturated rings. The van der Waals surface area contributed by atoms with Crippen LogP contribution in [-0.4, -0.2) is 17.4 Å². The number of allylic oxidation sites excluding steroid dienone is 1. The third-order valence-electron chi connectivity index (χ3n) is 9.26. The zero-order chi connectivity index (χ0) is 21.4. The summed E-state index contributed by atoms with van der Waals surface area (Å²) in [7, 11) is 0. The number of rotatable bonds is 6. The van der Waals surface area contributed by atoms with Crippen LogP contribution in [0.5, 0.6) is 0 Å². The number of ether oxygens (including phenoxy) is 1. The Morgan fingerprint density at radius 1 is 1.13 bits per heavy atom. The summed E-state index contributed by atoms with van der Waals surface area (Å²) in [4.78, 5) is 24.6. The van der Waals surface area contributed by atoms with Crippen molar-refractivity contribution in [1.82, 2.24) is 0 Å². The molecule has 4 rings (SSSR count). The second kappa shape index (κ2) is 8.52. The lowest BCUT2D eigenvalue weighted by Gasteiger charge is -2.56. The molecular formula is C27H38O3. The van der Waals surface area contributed by atoms with Crippen LogP contribution in [0.15, 0.2) is 11.6 Å². The van der Waals surface area contributed by atoms with Crippen LogP contribution in [0.4, 0.5) is 0 Å². The molecule has 6 atom stereocenters.